The first-order valence-electron chi connectivity index (χ1n) is 5.52. The van der Waals surface area contributed by atoms with Gasteiger partial charge < -0.3 is 9.47 Å². The summed E-state index contributed by atoms with van der Waals surface area (Å²) in [5.74, 6) is 0.692. The van der Waals surface area contributed by atoms with Crippen molar-refractivity contribution >= 4 is 17.5 Å². The van der Waals surface area contributed by atoms with Crippen molar-refractivity contribution in [3.8, 4) is 0 Å². The molecule has 1 saturated carbocycles. The molecule has 2 nitrogen and oxygen atoms in total. The second kappa shape index (κ2) is 6.23. The van der Waals surface area contributed by atoms with Crippen LogP contribution in [0, 0.1) is 5.92 Å². The van der Waals surface area contributed by atoms with Crippen LogP contribution in [0.15, 0.2) is 0 Å². The number of thiocarbonyl (C=S) groups is 1. The fourth-order valence-corrected chi connectivity index (χ4v) is 2.03. The largest absolute Gasteiger partial charge is 0.457 e. The lowest BCUT2D eigenvalue weighted by Crippen LogP contribution is -2.19. The van der Waals surface area contributed by atoms with Crippen LogP contribution >= 0.6 is 12.2 Å². The SMILES string of the molecule is CC(C)OC(=S)OCC1CCCCC1. The van der Waals surface area contributed by atoms with E-state index in [1.807, 2.05) is 13.8 Å². The van der Waals surface area contributed by atoms with Crippen molar-refractivity contribution in [2.45, 2.75) is 52.1 Å². The fraction of sp³-hybridized carbons (Fsp3) is 0.909. The van der Waals surface area contributed by atoms with Gasteiger partial charge in [-0.3, -0.25) is 0 Å². The zero-order valence-corrected chi connectivity index (χ0v) is 9.94. The highest BCUT2D eigenvalue weighted by Crippen LogP contribution is 2.23. The molecule has 0 saturated heterocycles. The molecule has 0 radical (unpaired) electrons. The first-order chi connectivity index (χ1) is 6.68. The van der Waals surface area contributed by atoms with Crippen molar-refractivity contribution in [3.05, 3.63) is 0 Å². The van der Waals surface area contributed by atoms with Gasteiger partial charge in [-0.2, -0.15) is 0 Å². The lowest BCUT2D eigenvalue weighted by atomic mass is 9.90. The van der Waals surface area contributed by atoms with Gasteiger partial charge in [0.05, 0.1) is 12.7 Å². The molecule has 0 aromatic rings. The molecule has 3 heteroatoms. The molecule has 0 aromatic carbocycles. The summed E-state index contributed by atoms with van der Waals surface area (Å²) in [5.41, 5.74) is 0. The van der Waals surface area contributed by atoms with E-state index in [-0.39, 0.29) is 6.10 Å². The molecule has 0 heterocycles. The molecule has 0 aromatic heterocycles. The van der Waals surface area contributed by atoms with Crippen molar-refractivity contribution in [2.75, 3.05) is 6.61 Å². The summed E-state index contributed by atoms with van der Waals surface area (Å²) in [5, 5.41) is 0.311. The molecule has 1 aliphatic rings. The van der Waals surface area contributed by atoms with Crippen LogP contribution in [0.1, 0.15) is 46.0 Å². The van der Waals surface area contributed by atoms with E-state index in [9.17, 15) is 0 Å². The average molecular weight is 216 g/mol. The summed E-state index contributed by atoms with van der Waals surface area (Å²) in [6, 6.07) is 0. The summed E-state index contributed by atoms with van der Waals surface area (Å²) in [4.78, 5) is 0. The van der Waals surface area contributed by atoms with Gasteiger partial charge in [-0.15, -0.1) is 0 Å². The molecule has 0 aliphatic heterocycles. The molecule has 1 fully saturated rings. The van der Waals surface area contributed by atoms with E-state index in [0.717, 1.165) is 6.61 Å². The molecule has 0 N–H and O–H groups in total. The summed E-state index contributed by atoms with van der Waals surface area (Å²) in [6.45, 7) is 4.65. The number of ether oxygens (including phenoxy) is 2. The molecule has 1 rings (SSSR count). The number of hydrogen-bond donors (Lipinski definition) is 0. The third-order valence-electron chi connectivity index (χ3n) is 2.49. The van der Waals surface area contributed by atoms with E-state index in [1.54, 1.807) is 0 Å². The van der Waals surface area contributed by atoms with Gasteiger partial charge in [-0.25, -0.2) is 0 Å². The Morgan fingerprint density at radius 1 is 1.29 bits per heavy atom. The van der Waals surface area contributed by atoms with Crippen LogP contribution in [0.4, 0.5) is 0 Å². The number of rotatable bonds is 3. The highest BCUT2D eigenvalue weighted by molar-refractivity contribution is 7.79. The van der Waals surface area contributed by atoms with E-state index >= 15 is 0 Å². The molecule has 1 aliphatic carbocycles. The Morgan fingerprint density at radius 2 is 1.93 bits per heavy atom. The molecule has 0 bridgehead atoms. The Bertz CT molecular complexity index is 174. The molecular formula is C11H20O2S. The van der Waals surface area contributed by atoms with Gasteiger partial charge in [0, 0.05) is 12.2 Å². The second-order valence-corrected chi connectivity index (χ2v) is 4.56. The van der Waals surface area contributed by atoms with E-state index in [0.29, 0.717) is 11.2 Å². The standard InChI is InChI=1S/C11H20O2S/c1-9(2)13-11(14)12-8-10-6-4-3-5-7-10/h9-10H,3-8H2,1-2H3. The van der Waals surface area contributed by atoms with Crippen molar-refractivity contribution in [1.82, 2.24) is 0 Å². The minimum atomic E-state index is 0.119. The minimum Gasteiger partial charge on any atom is -0.457 e. The predicted octanol–water partition coefficient (Wildman–Crippen LogP) is 3.29. The van der Waals surface area contributed by atoms with Crippen LogP contribution in [0.5, 0.6) is 0 Å². The van der Waals surface area contributed by atoms with Gasteiger partial charge >= 0.3 is 5.24 Å². The zero-order chi connectivity index (χ0) is 10.4. The van der Waals surface area contributed by atoms with Gasteiger partial charge in [0.15, 0.2) is 0 Å². The van der Waals surface area contributed by atoms with Gasteiger partial charge in [0.2, 0.25) is 0 Å². The number of hydrogen-bond acceptors (Lipinski definition) is 3. The monoisotopic (exact) mass is 216 g/mol. The van der Waals surface area contributed by atoms with Crippen LogP contribution < -0.4 is 0 Å². The van der Waals surface area contributed by atoms with E-state index in [4.69, 9.17) is 21.7 Å². The summed E-state index contributed by atoms with van der Waals surface area (Å²) in [7, 11) is 0. The quantitative estimate of drug-likeness (QED) is 0.674. The van der Waals surface area contributed by atoms with Crippen molar-refractivity contribution in [1.29, 1.82) is 0 Å². The first-order valence-corrected chi connectivity index (χ1v) is 5.92. The molecule has 0 atom stereocenters. The maximum absolute atomic E-state index is 5.40. The predicted molar refractivity (Wildman–Crippen MR) is 61.3 cm³/mol. The van der Waals surface area contributed by atoms with Crippen LogP contribution in [0.2, 0.25) is 0 Å². The van der Waals surface area contributed by atoms with Gasteiger partial charge in [-0.1, -0.05) is 19.3 Å². The Balaban J connectivity index is 2.09. The molecular weight excluding hydrogens is 196 g/mol. The van der Waals surface area contributed by atoms with Gasteiger partial charge in [-0.05, 0) is 32.6 Å². The topological polar surface area (TPSA) is 18.5 Å². The van der Waals surface area contributed by atoms with E-state index < -0.39 is 0 Å². The molecule has 0 amide bonds. The zero-order valence-electron chi connectivity index (χ0n) is 9.12. The van der Waals surface area contributed by atoms with E-state index in [2.05, 4.69) is 0 Å². The van der Waals surface area contributed by atoms with Crippen molar-refractivity contribution in [3.63, 3.8) is 0 Å². The van der Waals surface area contributed by atoms with Crippen LogP contribution in [-0.4, -0.2) is 17.9 Å². The maximum Gasteiger partial charge on any atom is 0.352 e. The molecule has 82 valence electrons. The van der Waals surface area contributed by atoms with Crippen molar-refractivity contribution < 1.29 is 9.47 Å². The lowest BCUT2D eigenvalue weighted by Gasteiger charge is -2.22. The van der Waals surface area contributed by atoms with Gasteiger partial charge in [0.1, 0.15) is 0 Å². The van der Waals surface area contributed by atoms with Gasteiger partial charge in [0.25, 0.3) is 0 Å². The smallest absolute Gasteiger partial charge is 0.352 e. The van der Waals surface area contributed by atoms with Crippen LogP contribution in [0.25, 0.3) is 0 Å². The average Bonchev–Trinajstić information content (AvgIpc) is 2.15. The first kappa shape index (κ1) is 11.8. The highest BCUT2D eigenvalue weighted by atomic mass is 32.1. The van der Waals surface area contributed by atoms with Crippen LogP contribution in [-0.2, 0) is 9.47 Å². The molecule has 0 spiro atoms. The highest BCUT2D eigenvalue weighted by Gasteiger charge is 2.14. The molecule has 14 heavy (non-hydrogen) atoms. The Labute approximate surface area is 92.0 Å². The third-order valence-corrected chi connectivity index (χ3v) is 2.71. The normalized spacial score (nSPS) is 18.2. The Morgan fingerprint density at radius 3 is 2.50 bits per heavy atom. The fourth-order valence-electron chi connectivity index (χ4n) is 1.77. The summed E-state index contributed by atoms with van der Waals surface area (Å²) < 4.78 is 10.7. The Kier molecular flexibility index (Phi) is 5.23. The Hall–Kier alpha value is -0.310. The third kappa shape index (κ3) is 4.80. The minimum absolute atomic E-state index is 0.119. The van der Waals surface area contributed by atoms with Crippen molar-refractivity contribution in [2.24, 2.45) is 5.92 Å². The maximum atomic E-state index is 5.40. The van der Waals surface area contributed by atoms with E-state index in [1.165, 1.54) is 32.1 Å². The molecule has 0 unspecified atom stereocenters. The summed E-state index contributed by atoms with van der Waals surface area (Å²) in [6.07, 6.45) is 6.74. The lowest BCUT2D eigenvalue weighted by molar-refractivity contribution is 0.113. The van der Waals surface area contributed by atoms with Crippen LogP contribution in [0.3, 0.4) is 0 Å². The summed E-state index contributed by atoms with van der Waals surface area (Å²) >= 11 is 4.95. The second-order valence-electron chi connectivity index (χ2n) is 4.23.